The van der Waals surface area contributed by atoms with Crippen LogP contribution in [0.5, 0.6) is 0 Å². The zero-order valence-electron chi connectivity index (χ0n) is 12.6. The molecule has 0 aliphatic carbocycles. The number of hydrogen-bond donors (Lipinski definition) is 1. The molecule has 1 rings (SSSR count). The lowest BCUT2D eigenvalue weighted by Crippen LogP contribution is -2.38. The van der Waals surface area contributed by atoms with Gasteiger partial charge in [-0.25, -0.2) is 0 Å². The van der Waals surface area contributed by atoms with Gasteiger partial charge in [0.25, 0.3) is 0 Å². The quantitative estimate of drug-likeness (QED) is 0.662. The van der Waals surface area contributed by atoms with Gasteiger partial charge in [-0.3, -0.25) is 4.90 Å². The minimum atomic E-state index is 0.641. The Morgan fingerprint density at radius 2 is 1.95 bits per heavy atom. The fraction of sp³-hybridized carbons (Fsp3) is 0.625. The first kappa shape index (κ1) is 16.5. The fourth-order valence-corrected chi connectivity index (χ4v) is 2.40. The van der Waals surface area contributed by atoms with Crippen molar-refractivity contribution in [2.75, 3.05) is 31.6 Å². The van der Waals surface area contributed by atoms with Crippen LogP contribution in [0, 0.1) is 0 Å². The van der Waals surface area contributed by atoms with Crippen LogP contribution in [-0.2, 0) is 6.54 Å². The third-order valence-corrected chi connectivity index (χ3v) is 4.11. The Hall–Kier alpha value is -0.510. The van der Waals surface area contributed by atoms with E-state index in [0.717, 1.165) is 26.2 Å². The maximum absolute atomic E-state index is 3.52. The molecule has 0 radical (unpaired) electrons. The van der Waals surface area contributed by atoms with Crippen LogP contribution in [0.25, 0.3) is 0 Å². The number of hydrogen-bond acceptors (Lipinski definition) is 3. The Balaban J connectivity index is 2.39. The second-order valence-electron chi connectivity index (χ2n) is 4.96. The van der Waals surface area contributed by atoms with Crippen LogP contribution in [0.3, 0.4) is 0 Å². The second-order valence-corrected chi connectivity index (χ2v) is 5.94. The predicted molar refractivity (Wildman–Crippen MR) is 87.9 cm³/mol. The SMILES string of the molecule is CCC(C)N(CCNCCSC)Cc1ccccc1. The molecule has 0 spiro atoms. The summed E-state index contributed by atoms with van der Waals surface area (Å²) in [6.45, 7) is 8.96. The maximum Gasteiger partial charge on any atom is 0.0237 e. The highest BCUT2D eigenvalue weighted by molar-refractivity contribution is 7.98. The number of rotatable bonds is 10. The Bertz CT molecular complexity index is 316. The summed E-state index contributed by atoms with van der Waals surface area (Å²) in [5, 5.41) is 3.52. The van der Waals surface area contributed by atoms with E-state index in [0.29, 0.717) is 6.04 Å². The summed E-state index contributed by atoms with van der Waals surface area (Å²) in [5.74, 6) is 1.20. The van der Waals surface area contributed by atoms with Crippen molar-refractivity contribution >= 4 is 11.8 Å². The van der Waals surface area contributed by atoms with Gasteiger partial charge in [0, 0.05) is 38.0 Å². The van der Waals surface area contributed by atoms with E-state index in [2.05, 4.69) is 60.7 Å². The highest BCUT2D eigenvalue weighted by Gasteiger charge is 2.11. The third-order valence-electron chi connectivity index (χ3n) is 3.50. The van der Waals surface area contributed by atoms with Gasteiger partial charge in [0.2, 0.25) is 0 Å². The van der Waals surface area contributed by atoms with Crippen molar-refractivity contribution in [1.29, 1.82) is 0 Å². The average molecular weight is 280 g/mol. The van der Waals surface area contributed by atoms with Crippen LogP contribution in [0.15, 0.2) is 30.3 Å². The van der Waals surface area contributed by atoms with Gasteiger partial charge in [-0.15, -0.1) is 0 Å². The van der Waals surface area contributed by atoms with Gasteiger partial charge in [0.05, 0.1) is 0 Å². The van der Waals surface area contributed by atoms with E-state index >= 15 is 0 Å². The van der Waals surface area contributed by atoms with Gasteiger partial charge in [-0.05, 0) is 25.2 Å². The summed E-state index contributed by atoms with van der Waals surface area (Å²) in [4.78, 5) is 2.57. The van der Waals surface area contributed by atoms with Crippen molar-refractivity contribution in [3.63, 3.8) is 0 Å². The molecule has 0 aliphatic rings. The molecule has 19 heavy (non-hydrogen) atoms. The number of benzene rings is 1. The Kier molecular flexibility index (Phi) is 8.97. The van der Waals surface area contributed by atoms with Gasteiger partial charge < -0.3 is 5.32 Å². The van der Waals surface area contributed by atoms with Crippen LogP contribution in [0.4, 0.5) is 0 Å². The van der Waals surface area contributed by atoms with Gasteiger partial charge in [0.15, 0.2) is 0 Å². The van der Waals surface area contributed by atoms with Crippen LogP contribution in [0.1, 0.15) is 25.8 Å². The van der Waals surface area contributed by atoms with Gasteiger partial charge >= 0.3 is 0 Å². The molecule has 2 nitrogen and oxygen atoms in total. The topological polar surface area (TPSA) is 15.3 Å². The molecule has 0 saturated heterocycles. The molecule has 1 aromatic rings. The zero-order chi connectivity index (χ0) is 13.9. The summed E-state index contributed by atoms with van der Waals surface area (Å²) < 4.78 is 0. The normalized spacial score (nSPS) is 12.8. The maximum atomic E-state index is 3.52. The highest BCUT2D eigenvalue weighted by atomic mass is 32.2. The van der Waals surface area contributed by atoms with Crippen molar-refractivity contribution in [2.45, 2.75) is 32.9 Å². The van der Waals surface area contributed by atoms with Crippen LogP contribution in [-0.4, -0.2) is 42.6 Å². The molecule has 0 aromatic heterocycles. The first-order valence-electron chi connectivity index (χ1n) is 7.25. The van der Waals surface area contributed by atoms with E-state index in [9.17, 15) is 0 Å². The molecule has 3 heteroatoms. The van der Waals surface area contributed by atoms with E-state index in [4.69, 9.17) is 0 Å². The van der Waals surface area contributed by atoms with E-state index in [1.54, 1.807) is 0 Å². The second kappa shape index (κ2) is 10.3. The molecule has 1 N–H and O–H groups in total. The molecule has 0 bridgehead atoms. The van der Waals surface area contributed by atoms with Crippen molar-refractivity contribution < 1.29 is 0 Å². The van der Waals surface area contributed by atoms with Gasteiger partial charge in [-0.2, -0.15) is 11.8 Å². The summed E-state index contributed by atoms with van der Waals surface area (Å²) in [5.41, 5.74) is 1.41. The average Bonchev–Trinajstić information content (AvgIpc) is 2.46. The fourth-order valence-electron chi connectivity index (χ4n) is 2.05. The molecule has 0 amide bonds. The number of thioether (sulfide) groups is 1. The van der Waals surface area contributed by atoms with E-state index < -0.39 is 0 Å². The van der Waals surface area contributed by atoms with Crippen molar-refractivity contribution in [3.05, 3.63) is 35.9 Å². The third kappa shape index (κ3) is 7.00. The van der Waals surface area contributed by atoms with Crippen LogP contribution >= 0.6 is 11.8 Å². The standard InChI is InChI=1S/C16H28N2S/c1-4-15(2)18(12-10-17-11-13-19-3)14-16-8-6-5-7-9-16/h5-9,15,17H,4,10-14H2,1-3H3. The van der Waals surface area contributed by atoms with Crippen molar-refractivity contribution in [1.82, 2.24) is 10.2 Å². The Labute approximate surface area is 123 Å². The molecule has 0 aliphatic heterocycles. The monoisotopic (exact) mass is 280 g/mol. The Morgan fingerprint density at radius 1 is 1.21 bits per heavy atom. The number of nitrogens with zero attached hydrogens (tertiary/aromatic N) is 1. The molecule has 108 valence electrons. The molecule has 0 heterocycles. The molecule has 0 fully saturated rings. The lowest BCUT2D eigenvalue weighted by molar-refractivity contribution is 0.196. The molecular formula is C16H28N2S. The van der Waals surface area contributed by atoms with E-state index in [1.165, 1.54) is 17.7 Å². The molecule has 1 aromatic carbocycles. The lowest BCUT2D eigenvalue weighted by atomic mass is 10.1. The van der Waals surface area contributed by atoms with Crippen molar-refractivity contribution in [3.8, 4) is 0 Å². The van der Waals surface area contributed by atoms with E-state index in [1.807, 2.05) is 11.8 Å². The lowest BCUT2D eigenvalue weighted by Gasteiger charge is -2.28. The smallest absolute Gasteiger partial charge is 0.0237 e. The van der Waals surface area contributed by atoms with Crippen molar-refractivity contribution in [2.24, 2.45) is 0 Å². The minimum Gasteiger partial charge on any atom is -0.315 e. The van der Waals surface area contributed by atoms with E-state index in [-0.39, 0.29) is 0 Å². The molecule has 1 atom stereocenters. The molecule has 0 saturated carbocycles. The predicted octanol–water partition coefficient (Wildman–Crippen LogP) is 3.24. The minimum absolute atomic E-state index is 0.641. The molecule has 1 unspecified atom stereocenters. The summed E-state index contributed by atoms with van der Waals surface area (Å²) in [6.07, 6.45) is 3.36. The van der Waals surface area contributed by atoms with Crippen LogP contribution in [0.2, 0.25) is 0 Å². The molecular weight excluding hydrogens is 252 g/mol. The van der Waals surface area contributed by atoms with Gasteiger partial charge in [-0.1, -0.05) is 37.3 Å². The first-order chi connectivity index (χ1) is 9.27. The van der Waals surface area contributed by atoms with Gasteiger partial charge in [0.1, 0.15) is 0 Å². The number of nitrogens with one attached hydrogen (secondary N) is 1. The summed E-state index contributed by atoms with van der Waals surface area (Å²) >= 11 is 1.90. The Morgan fingerprint density at radius 3 is 2.58 bits per heavy atom. The van der Waals surface area contributed by atoms with Crippen LogP contribution < -0.4 is 5.32 Å². The summed E-state index contributed by atoms with van der Waals surface area (Å²) in [6, 6.07) is 11.4. The highest BCUT2D eigenvalue weighted by Crippen LogP contribution is 2.09. The largest absolute Gasteiger partial charge is 0.315 e. The zero-order valence-corrected chi connectivity index (χ0v) is 13.4. The first-order valence-corrected chi connectivity index (χ1v) is 8.65. The summed E-state index contributed by atoms with van der Waals surface area (Å²) in [7, 11) is 0.